The number of rotatable bonds is 5. The summed E-state index contributed by atoms with van der Waals surface area (Å²) in [5, 5.41) is -0.316. The lowest BCUT2D eigenvalue weighted by Gasteiger charge is -2.38. The number of amides is 3. The normalized spacial score (nSPS) is 24.9. The van der Waals surface area contributed by atoms with Gasteiger partial charge in [0.25, 0.3) is 17.1 Å². The van der Waals surface area contributed by atoms with Crippen molar-refractivity contribution in [2.24, 2.45) is 4.99 Å². The lowest BCUT2D eigenvalue weighted by atomic mass is 9.71. The minimum Gasteiger partial charge on any atom is -0.763 e. The molecule has 0 unspecified atom stereocenters. The van der Waals surface area contributed by atoms with Crippen molar-refractivity contribution in [1.29, 1.82) is 0 Å². The Bertz CT molecular complexity index is 1710. The quantitative estimate of drug-likeness (QED) is 0.282. The standard InChI is InChI=1S/C33H25N3O3S2/c37-29-32(25-18-10-11-19-26(25)35(29)20-22-12-4-1-5-13-22)27(24-16-8-3-9-17-24)33(28(40)34-32)30(38)36(31(39)41-33)21-23-14-6-2-7-15-23/h1-19,27H,20-21H2,(H,34,40)/p-1/t27-,32+,33-/m1/s1. The third-order valence-electron chi connectivity index (χ3n) is 8.13. The number of carbonyl (C=O) groups excluding carboxylic acids is 3. The van der Waals surface area contributed by atoms with Crippen LogP contribution in [0.15, 0.2) is 120 Å². The molecule has 0 N–H and O–H groups in total. The number of aliphatic imine (C=N–C) groups is 1. The molecule has 8 heteroatoms. The van der Waals surface area contributed by atoms with Gasteiger partial charge in [0.2, 0.25) is 0 Å². The Labute approximate surface area is 247 Å². The first-order chi connectivity index (χ1) is 20.0. The zero-order valence-corrected chi connectivity index (χ0v) is 23.5. The molecule has 3 aliphatic rings. The van der Waals surface area contributed by atoms with Gasteiger partial charge >= 0.3 is 0 Å². The summed E-state index contributed by atoms with van der Waals surface area (Å²) in [6, 6.07) is 36.1. The molecule has 2 spiro atoms. The van der Waals surface area contributed by atoms with Crippen molar-refractivity contribution < 1.29 is 14.4 Å². The molecule has 4 aromatic carbocycles. The maximum absolute atomic E-state index is 14.8. The van der Waals surface area contributed by atoms with Crippen molar-refractivity contribution in [3.63, 3.8) is 0 Å². The van der Waals surface area contributed by atoms with E-state index in [0.717, 1.165) is 34.1 Å². The molecule has 0 saturated carbocycles. The van der Waals surface area contributed by atoms with Crippen molar-refractivity contribution in [2.45, 2.75) is 29.3 Å². The Kier molecular flexibility index (Phi) is 6.06. The van der Waals surface area contributed by atoms with Gasteiger partial charge in [-0.15, -0.1) is 0 Å². The Morgan fingerprint density at radius 3 is 1.85 bits per heavy atom. The summed E-state index contributed by atoms with van der Waals surface area (Å²) in [5.74, 6) is -1.50. The van der Waals surface area contributed by atoms with Crippen LogP contribution in [-0.4, -0.2) is 31.7 Å². The van der Waals surface area contributed by atoms with Crippen LogP contribution in [0.4, 0.5) is 10.5 Å². The lowest BCUT2D eigenvalue weighted by Crippen LogP contribution is -2.52. The highest BCUT2D eigenvalue weighted by atomic mass is 32.2. The predicted octanol–water partition coefficient (Wildman–Crippen LogP) is 5.81. The third-order valence-corrected chi connectivity index (χ3v) is 9.99. The fourth-order valence-electron chi connectivity index (χ4n) is 6.36. The molecule has 3 aliphatic heterocycles. The molecule has 3 amide bonds. The molecule has 0 bridgehead atoms. The second-order valence-electron chi connectivity index (χ2n) is 10.4. The summed E-state index contributed by atoms with van der Waals surface area (Å²) in [5.41, 5.74) is 2.46. The molecule has 7 rings (SSSR count). The number of benzene rings is 4. The Morgan fingerprint density at radius 2 is 1.22 bits per heavy atom. The van der Waals surface area contributed by atoms with Crippen molar-refractivity contribution in [3.05, 3.63) is 138 Å². The highest BCUT2D eigenvalue weighted by molar-refractivity contribution is 8.17. The Balaban J connectivity index is 1.40. The molecule has 3 atom stereocenters. The molecule has 3 heterocycles. The summed E-state index contributed by atoms with van der Waals surface area (Å²) >= 11 is 6.81. The van der Waals surface area contributed by atoms with Gasteiger partial charge in [0.15, 0.2) is 5.54 Å². The second kappa shape index (κ2) is 9.68. The van der Waals surface area contributed by atoms with Crippen molar-refractivity contribution in [1.82, 2.24) is 4.90 Å². The molecule has 4 aromatic rings. The van der Waals surface area contributed by atoms with E-state index in [1.54, 1.807) is 4.90 Å². The van der Waals surface area contributed by atoms with Gasteiger partial charge in [-0.2, -0.15) is 0 Å². The average Bonchev–Trinajstić information content (AvgIpc) is 3.51. The monoisotopic (exact) mass is 574 g/mol. The number of thioether (sulfide) groups is 1. The summed E-state index contributed by atoms with van der Waals surface area (Å²) in [6.45, 7) is 0.463. The Hall–Kier alpha value is -4.27. The number of hydrogen-bond acceptors (Lipinski definition) is 6. The van der Waals surface area contributed by atoms with Crippen LogP contribution in [-0.2, 0) is 40.8 Å². The van der Waals surface area contributed by atoms with E-state index in [-0.39, 0.29) is 17.5 Å². The first-order valence-corrected chi connectivity index (χ1v) is 14.6. The van der Waals surface area contributed by atoms with Crippen LogP contribution in [0.5, 0.6) is 0 Å². The zero-order valence-electron chi connectivity index (χ0n) is 21.8. The smallest absolute Gasteiger partial charge is 0.290 e. The minimum atomic E-state index is -1.53. The van der Waals surface area contributed by atoms with Crippen LogP contribution < -0.4 is 4.90 Å². The molecule has 1 saturated heterocycles. The van der Waals surface area contributed by atoms with E-state index < -0.39 is 27.4 Å². The van der Waals surface area contributed by atoms with Crippen molar-refractivity contribution in [3.8, 4) is 0 Å². The van der Waals surface area contributed by atoms with Crippen LogP contribution in [0.3, 0.4) is 0 Å². The van der Waals surface area contributed by atoms with E-state index in [1.807, 2.05) is 115 Å². The molecular weight excluding hydrogens is 551 g/mol. The molecule has 0 aromatic heterocycles. The van der Waals surface area contributed by atoms with Gasteiger partial charge in [-0.1, -0.05) is 114 Å². The fraction of sp³-hybridized carbons (Fsp3) is 0.152. The molecule has 6 nitrogen and oxygen atoms in total. The summed E-state index contributed by atoms with van der Waals surface area (Å²) in [4.78, 5) is 50.8. The largest absolute Gasteiger partial charge is 0.763 e. The number of fused-ring (bicyclic) bond motifs is 2. The van der Waals surface area contributed by atoms with Crippen LogP contribution in [0.2, 0.25) is 0 Å². The van der Waals surface area contributed by atoms with Crippen molar-refractivity contribution in [2.75, 3.05) is 4.90 Å². The van der Waals surface area contributed by atoms with Crippen LogP contribution >= 0.6 is 11.8 Å². The number of carbonyl (C=O) groups is 3. The maximum Gasteiger partial charge on any atom is 0.290 e. The van der Waals surface area contributed by atoms with Crippen LogP contribution in [0.1, 0.15) is 28.2 Å². The van der Waals surface area contributed by atoms with E-state index in [2.05, 4.69) is 0 Å². The zero-order chi connectivity index (χ0) is 28.2. The first kappa shape index (κ1) is 25.7. The van der Waals surface area contributed by atoms with E-state index in [1.165, 1.54) is 4.90 Å². The highest BCUT2D eigenvalue weighted by Gasteiger charge is 2.71. The molecule has 41 heavy (non-hydrogen) atoms. The van der Waals surface area contributed by atoms with Gasteiger partial charge in [0, 0.05) is 5.56 Å². The number of imide groups is 1. The first-order valence-electron chi connectivity index (χ1n) is 13.3. The van der Waals surface area contributed by atoms with Gasteiger partial charge in [-0.05, 0) is 34.5 Å². The van der Waals surface area contributed by atoms with Gasteiger partial charge in [0.05, 0.1) is 24.7 Å². The average molecular weight is 575 g/mol. The molecule has 1 fully saturated rings. The summed E-state index contributed by atoms with van der Waals surface area (Å²) < 4.78 is -1.53. The third kappa shape index (κ3) is 3.71. The topological polar surface area (TPSA) is 70.0 Å². The van der Waals surface area contributed by atoms with Crippen molar-refractivity contribution >= 4 is 52.2 Å². The van der Waals surface area contributed by atoms with E-state index >= 15 is 0 Å². The number of para-hydroxylation sites is 1. The van der Waals surface area contributed by atoms with Crippen LogP contribution in [0, 0.1) is 0 Å². The van der Waals surface area contributed by atoms with E-state index in [4.69, 9.17) is 17.6 Å². The molecule has 0 radical (unpaired) electrons. The van der Waals surface area contributed by atoms with E-state index in [9.17, 15) is 14.4 Å². The second-order valence-corrected chi connectivity index (χ2v) is 12.0. The number of nitrogens with zero attached hydrogens (tertiary/aromatic N) is 3. The SMILES string of the molecule is O=C1S[C@@]2(C(=O)N1Cc1ccccc1)C([S-])=N[C@]1(C(=O)N(Cc3ccccc3)c3ccccc31)[C@H]2c1ccccc1. The Morgan fingerprint density at radius 1 is 0.683 bits per heavy atom. The van der Waals surface area contributed by atoms with Crippen LogP contribution in [0.25, 0.3) is 0 Å². The van der Waals surface area contributed by atoms with E-state index in [0.29, 0.717) is 12.1 Å². The lowest BCUT2D eigenvalue weighted by molar-refractivity contribution is -0.129. The van der Waals surface area contributed by atoms with Gasteiger partial charge in [0.1, 0.15) is 4.75 Å². The fourth-order valence-corrected chi connectivity index (χ4v) is 8.12. The van der Waals surface area contributed by atoms with Gasteiger partial charge < -0.3 is 17.5 Å². The number of anilines is 1. The molecular formula is C33H24N3O3S2-. The highest BCUT2D eigenvalue weighted by Crippen LogP contribution is 2.64. The van der Waals surface area contributed by atoms with Gasteiger partial charge in [-0.3, -0.25) is 24.3 Å². The molecule has 202 valence electrons. The molecule has 0 aliphatic carbocycles. The van der Waals surface area contributed by atoms with Gasteiger partial charge in [-0.25, -0.2) is 0 Å². The summed E-state index contributed by atoms with van der Waals surface area (Å²) in [7, 11) is 0. The summed E-state index contributed by atoms with van der Waals surface area (Å²) in [6.07, 6.45) is 0. The maximum atomic E-state index is 14.8. The minimum absolute atomic E-state index is 0.0787. The predicted molar refractivity (Wildman–Crippen MR) is 162 cm³/mol. The number of hydrogen-bond donors (Lipinski definition) is 0.